The number of carbonyl (C=O) groups is 1. The van der Waals surface area contributed by atoms with Crippen molar-refractivity contribution in [2.45, 2.75) is 13.0 Å². The van der Waals surface area contributed by atoms with Crippen LogP contribution in [-0.4, -0.2) is 41.2 Å². The van der Waals surface area contributed by atoms with Gasteiger partial charge in [0.05, 0.1) is 0 Å². The third kappa shape index (κ3) is 3.28. The molecule has 20 heavy (non-hydrogen) atoms. The predicted molar refractivity (Wildman–Crippen MR) is 73.9 cm³/mol. The molecule has 0 atom stereocenters. The van der Waals surface area contributed by atoms with Gasteiger partial charge in [0.15, 0.2) is 5.75 Å². The maximum atomic E-state index is 11.2. The van der Waals surface area contributed by atoms with Crippen molar-refractivity contribution in [3.63, 3.8) is 0 Å². The van der Waals surface area contributed by atoms with Gasteiger partial charge in [-0.1, -0.05) is 12.1 Å². The molecule has 2 rings (SSSR count). The lowest BCUT2D eigenvalue weighted by Gasteiger charge is -2.18. The molecule has 0 unspecified atom stereocenters. The molecule has 3 N–H and O–H groups in total. The maximum Gasteiger partial charge on any atom is 0.276 e. The van der Waals surface area contributed by atoms with Crippen LogP contribution in [0.4, 0.5) is 0 Å². The first-order valence-corrected chi connectivity index (χ1v) is 6.41. The molecular weight excluding hydrogens is 260 g/mol. The summed E-state index contributed by atoms with van der Waals surface area (Å²) in [5.74, 6) is -0.104. The summed E-state index contributed by atoms with van der Waals surface area (Å²) in [7, 11) is 1.91. The number of fused-ring (bicyclic) bond motifs is 1. The van der Waals surface area contributed by atoms with E-state index in [-0.39, 0.29) is 24.0 Å². The summed E-state index contributed by atoms with van der Waals surface area (Å²) in [6.45, 7) is 1.39. The standard InChI is InChI=1S/C14H18N2O4/c1-16(7-2-8-17)9-11-4-3-10-5-6-12(18)15-20-14(10)13(11)19/h3-6,17,19H,2,7-9H2,1H3,(H,15,18). The zero-order valence-electron chi connectivity index (χ0n) is 11.3. The van der Waals surface area contributed by atoms with Crippen molar-refractivity contribution < 1.29 is 19.8 Å². The number of rotatable bonds is 5. The number of aliphatic hydroxyl groups excluding tert-OH is 1. The average molecular weight is 278 g/mol. The van der Waals surface area contributed by atoms with Gasteiger partial charge in [0.1, 0.15) is 0 Å². The number of amides is 1. The number of hydroxylamine groups is 1. The second-order valence-electron chi connectivity index (χ2n) is 4.71. The van der Waals surface area contributed by atoms with E-state index in [1.54, 1.807) is 18.2 Å². The molecule has 6 heteroatoms. The Kier molecular flexibility index (Phi) is 4.60. The fourth-order valence-corrected chi connectivity index (χ4v) is 2.00. The van der Waals surface area contributed by atoms with E-state index in [9.17, 15) is 9.90 Å². The average Bonchev–Trinajstić information content (AvgIpc) is 2.62. The molecule has 1 aromatic carbocycles. The van der Waals surface area contributed by atoms with Gasteiger partial charge in [-0.2, -0.15) is 5.48 Å². The quantitative estimate of drug-likeness (QED) is 0.736. The number of nitrogens with one attached hydrogen (secondary N) is 1. The van der Waals surface area contributed by atoms with Crippen molar-refractivity contribution in [2.24, 2.45) is 0 Å². The van der Waals surface area contributed by atoms with Crippen LogP contribution < -0.4 is 10.3 Å². The summed E-state index contributed by atoms with van der Waals surface area (Å²) in [5, 5.41) is 19.0. The topological polar surface area (TPSA) is 82.0 Å². The molecular formula is C14H18N2O4. The zero-order valence-corrected chi connectivity index (χ0v) is 11.3. The van der Waals surface area contributed by atoms with Gasteiger partial charge in [0, 0.05) is 36.9 Å². The first kappa shape index (κ1) is 14.4. The first-order chi connectivity index (χ1) is 9.61. The molecule has 1 amide bonds. The molecule has 1 aliphatic heterocycles. The zero-order chi connectivity index (χ0) is 14.5. The molecule has 6 nitrogen and oxygen atoms in total. The molecule has 0 fully saturated rings. The fraction of sp³-hybridized carbons (Fsp3) is 0.357. The molecule has 0 spiro atoms. The van der Waals surface area contributed by atoms with Crippen LogP contribution in [0.15, 0.2) is 18.2 Å². The lowest BCUT2D eigenvalue weighted by Crippen LogP contribution is -2.24. The van der Waals surface area contributed by atoms with Crippen molar-refractivity contribution >= 4 is 12.0 Å². The van der Waals surface area contributed by atoms with Gasteiger partial charge in [-0.15, -0.1) is 0 Å². The Labute approximate surface area is 117 Å². The number of phenolic OH excluding ortho intramolecular Hbond substituents is 1. The highest BCUT2D eigenvalue weighted by Crippen LogP contribution is 2.35. The van der Waals surface area contributed by atoms with E-state index in [1.165, 1.54) is 6.08 Å². The van der Waals surface area contributed by atoms with Crippen LogP contribution in [-0.2, 0) is 11.3 Å². The highest BCUT2D eigenvalue weighted by Gasteiger charge is 2.17. The highest BCUT2D eigenvalue weighted by molar-refractivity contribution is 5.92. The molecule has 0 radical (unpaired) electrons. The normalized spacial score (nSPS) is 13.7. The lowest BCUT2D eigenvalue weighted by atomic mass is 10.1. The minimum Gasteiger partial charge on any atom is -0.504 e. The Bertz CT molecular complexity index is 528. The van der Waals surface area contributed by atoms with Crippen LogP contribution in [0.3, 0.4) is 0 Å². The minimum absolute atomic E-state index is 0.0187. The van der Waals surface area contributed by atoms with Gasteiger partial charge in [0.25, 0.3) is 5.91 Å². The summed E-state index contributed by atoms with van der Waals surface area (Å²) in [6.07, 6.45) is 3.62. The number of nitrogens with zero attached hydrogens (tertiary/aromatic N) is 1. The van der Waals surface area contributed by atoms with Crippen molar-refractivity contribution in [3.05, 3.63) is 29.3 Å². The molecule has 1 aliphatic rings. The van der Waals surface area contributed by atoms with Crippen LogP contribution in [0.2, 0.25) is 0 Å². The molecule has 1 aromatic rings. The number of hydrogen-bond acceptors (Lipinski definition) is 5. The van der Waals surface area contributed by atoms with Crippen LogP contribution in [0, 0.1) is 0 Å². The monoisotopic (exact) mass is 278 g/mol. The fourth-order valence-electron chi connectivity index (χ4n) is 2.00. The summed E-state index contributed by atoms with van der Waals surface area (Å²) in [4.78, 5) is 18.3. The Morgan fingerprint density at radius 2 is 2.15 bits per heavy atom. The van der Waals surface area contributed by atoms with E-state index in [2.05, 4.69) is 5.48 Å². The number of phenols is 1. The second kappa shape index (κ2) is 6.40. The van der Waals surface area contributed by atoms with E-state index in [0.29, 0.717) is 24.1 Å². The SMILES string of the molecule is CN(CCCO)Cc1ccc2c(c1O)ONC(=O)C=C2. The molecule has 0 aliphatic carbocycles. The van der Waals surface area contributed by atoms with Crippen molar-refractivity contribution in [2.75, 3.05) is 20.2 Å². The summed E-state index contributed by atoms with van der Waals surface area (Å²) < 4.78 is 0. The van der Waals surface area contributed by atoms with Crippen LogP contribution in [0.1, 0.15) is 17.5 Å². The van der Waals surface area contributed by atoms with E-state index < -0.39 is 0 Å². The highest BCUT2D eigenvalue weighted by atomic mass is 16.7. The minimum atomic E-state index is -0.373. The van der Waals surface area contributed by atoms with E-state index in [0.717, 1.165) is 6.54 Å². The predicted octanol–water partition coefficient (Wildman–Crippen LogP) is 0.643. The van der Waals surface area contributed by atoms with Crippen molar-refractivity contribution in [3.8, 4) is 11.5 Å². The lowest BCUT2D eigenvalue weighted by molar-refractivity contribution is -0.122. The number of hydrogen-bond donors (Lipinski definition) is 3. The van der Waals surface area contributed by atoms with Crippen molar-refractivity contribution in [1.82, 2.24) is 10.4 Å². The van der Waals surface area contributed by atoms with Crippen LogP contribution in [0.25, 0.3) is 6.08 Å². The third-order valence-electron chi connectivity index (χ3n) is 3.05. The second-order valence-corrected chi connectivity index (χ2v) is 4.71. The molecule has 1 heterocycles. The number of benzene rings is 1. The summed E-state index contributed by atoms with van der Waals surface area (Å²) in [6, 6.07) is 3.59. The summed E-state index contributed by atoms with van der Waals surface area (Å²) in [5.41, 5.74) is 3.57. The van der Waals surface area contributed by atoms with E-state index >= 15 is 0 Å². The molecule has 108 valence electrons. The molecule has 0 saturated heterocycles. The maximum absolute atomic E-state index is 11.2. The van der Waals surface area contributed by atoms with E-state index in [4.69, 9.17) is 9.94 Å². The Morgan fingerprint density at radius 1 is 1.35 bits per heavy atom. The third-order valence-corrected chi connectivity index (χ3v) is 3.05. The summed E-state index contributed by atoms with van der Waals surface area (Å²) >= 11 is 0. The molecule has 0 saturated carbocycles. The number of aliphatic hydroxyl groups is 1. The number of aromatic hydroxyl groups is 1. The van der Waals surface area contributed by atoms with E-state index in [1.807, 2.05) is 11.9 Å². The van der Waals surface area contributed by atoms with Gasteiger partial charge in [-0.25, -0.2) is 0 Å². The van der Waals surface area contributed by atoms with Crippen molar-refractivity contribution in [1.29, 1.82) is 0 Å². The van der Waals surface area contributed by atoms with Crippen LogP contribution in [0.5, 0.6) is 11.5 Å². The van der Waals surface area contributed by atoms with Gasteiger partial charge in [0.2, 0.25) is 5.75 Å². The smallest absolute Gasteiger partial charge is 0.276 e. The van der Waals surface area contributed by atoms with Gasteiger partial charge >= 0.3 is 0 Å². The van der Waals surface area contributed by atoms with Gasteiger partial charge < -0.3 is 20.0 Å². The molecule has 0 aromatic heterocycles. The Balaban J connectivity index is 2.18. The number of carbonyl (C=O) groups excluding carboxylic acids is 1. The van der Waals surface area contributed by atoms with Gasteiger partial charge in [-0.3, -0.25) is 4.79 Å². The van der Waals surface area contributed by atoms with Gasteiger partial charge in [-0.05, 0) is 19.5 Å². The largest absolute Gasteiger partial charge is 0.504 e. The Morgan fingerprint density at radius 3 is 2.90 bits per heavy atom. The Hall–Kier alpha value is -2.05. The molecule has 0 bridgehead atoms. The first-order valence-electron chi connectivity index (χ1n) is 6.41. The van der Waals surface area contributed by atoms with Crippen LogP contribution >= 0.6 is 0 Å².